The monoisotopic (exact) mass is 524 g/mol. The van der Waals surface area contributed by atoms with Gasteiger partial charge in [0.05, 0.1) is 6.61 Å². The molecule has 0 aromatic carbocycles. The van der Waals surface area contributed by atoms with Crippen molar-refractivity contribution in [2.45, 2.75) is 32.2 Å². The summed E-state index contributed by atoms with van der Waals surface area (Å²) >= 11 is 0. The molecule has 1 amide bonds. The molecular weight excluding hydrogens is 492 g/mol. The summed E-state index contributed by atoms with van der Waals surface area (Å²) in [4.78, 5) is 72.6. The van der Waals surface area contributed by atoms with Crippen LogP contribution in [0.5, 0.6) is 0 Å². The summed E-state index contributed by atoms with van der Waals surface area (Å²) < 4.78 is 25.1. The lowest BCUT2D eigenvalue weighted by Crippen LogP contribution is -2.44. The van der Waals surface area contributed by atoms with E-state index in [0.29, 0.717) is 12.8 Å². The minimum Gasteiger partial charge on any atom is -0.464 e. The number of aliphatic imine (C=N–C) groups is 1. The molecule has 0 aliphatic carbocycles. The molecule has 0 aromatic rings. The van der Waals surface area contributed by atoms with Crippen molar-refractivity contribution in [3.05, 3.63) is 38.0 Å². The number of alkyl carbamates (subject to hydrolysis) is 1. The topological polar surface area (TPSA) is 173 Å². The molecule has 0 aliphatic heterocycles. The van der Waals surface area contributed by atoms with Crippen LogP contribution in [0.25, 0.3) is 0 Å². The second-order valence-corrected chi connectivity index (χ2v) is 7.42. The zero-order valence-corrected chi connectivity index (χ0v) is 20.7. The fourth-order valence-corrected chi connectivity index (χ4v) is 2.56. The third-order valence-corrected chi connectivity index (χ3v) is 4.51. The first-order valence-corrected chi connectivity index (χ1v) is 11.2. The number of esters is 4. The Morgan fingerprint density at radius 2 is 1.32 bits per heavy atom. The molecule has 0 fully saturated rings. The summed E-state index contributed by atoms with van der Waals surface area (Å²) in [5.41, 5.74) is -1.45. The van der Waals surface area contributed by atoms with Gasteiger partial charge in [0, 0.05) is 24.8 Å². The number of carbonyl (C=O) groups excluding carboxylic acids is 6. The molecule has 1 N–H and O–H groups in total. The summed E-state index contributed by atoms with van der Waals surface area (Å²) in [6.45, 7) is 9.93. The summed E-state index contributed by atoms with van der Waals surface area (Å²) in [7, 11) is 0. The molecule has 0 saturated heterocycles. The normalized spacial score (nSPS) is 10.9. The standard InChI is InChI=1S/C24H32N2O11/c1-5-19(28)34-13-24(14-35-20(29)6-2,15-36-21(30)7-3)16-37-23(32)25-12-10-9-11-18(26-17-27)22(31)33-8-4/h5-7,18H,1-3,8-16H2,4H3,(H,25,32). The Kier molecular flexibility index (Phi) is 16.8. The summed E-state index contributed by atoms with van der Waals surface area (Å²) in [5.74, 6) is -3.06. The van der Waals surface area contributed by atoms with Gasteiger partial charge in [-0.15, -0.1) is 0 Å². The average Bonchev–Trinajstić information content (AvgIpc) is 2.90. The van der Waals surface area contributed by atoms with Gasteiger partial charge in [-0.2, -0.15) is 4.99 Å². The van der Waals surface area contributed by atoms with Crippen LogP contribution < -0.4 is 5.32 Å². The van der Waals surface area contributed by atoms with Crippen molar-refractivity contribution in [2.75, 3.05) is 39.6 Å². The molecule has 204 valence electrons. The molecule has 13 nitrogen and oxygen atoms in total. The minimum absolute atomic E-state index is 0.144. The highest BCUT2D eigenvalue weighted by Gasteiger charge is 2.37. The zero-order valence-electron chi connectivity index (χ0n) is 20.7. The number of ether oxygens (including phenoxy) is 5. The number of amides is 1. The van der Waals surface area contributed by atoms with E-state index in [4.69, 9.17) is 23.7 Å². The number of unbranched alkanes of at least 4 members (excludes halogenated alkanes) is 1. The second-order valence-electron chi connectivity index (χ2n) is 7.42. The highest BCUT2D eigenvalue weighted by atomic mass is 16.6. The summed E-state index contributed by atoms with van der Waals surface area (Å²) in [6, 6.07) is -0.972. The number of carbonyl (C=O) groups is 5. The van der Waals surface area contributed by atoms with Gasteiger partial charge in [-0.25, -0.2) is 28.8 Å². The van der Waals surface area contributed by atoms with E-state index in [1.165, 1.54) is 6.08 Å². The first-order chi connectivity index (χ1) is 17.7. The highest BCUT2D eigenvalue weighted by molar-refractivity contribution is 5.82. The molecule has 1 unspecified atom stereocenters. The predicted octanol–water partition coefficient (Wildman–Crippen LogP) is 1.32. The van der Waals surface area contributed by atoms with Crippen LogP contribution in [0, 0.1) is 5.41 Å². The Morgan fingerprint density at radius 3 is 1.76 bits per heavy atom. The predicted molar refractivity (Wildman–Crippen MR) is 128 cm³/mol. The van der Waals surface area contributed by atoms with Crippen LogP contribution in [0.3, 0.4) is 0 Å². The molecule has 0 rings (SSSR count). The highest BCUT2D eigenvalue weighted by Crippen LogP contribution is 2.21. The quantitative estimate of drug-likeness (QED) is 0.0645. The molecule has 13 heteroatoms. The largest absolute Gasteiger partial charge is 0.464 e. The third kappa shape index (κ3) is 14.7. The molecule has 0 saturated carbocycles. The zero-order chi connectivity index (χ0) is 28.1. The number of hydrogen-bond acceptors (Lipinski definition) is 12. The van der Waals surface area contributed by atoms with Gasteiger partial charge >= 0.3 is 30.0 Å². The summed E-state index contributed by atoms with van der Waals surface area (Å²) in [5, 5.41) is 2.49. The van der Waals surface area contributed by atoms with Gasteiger partial charge in [-0.1, -0.05) is 19.7 Å². The van der Waals surface area contributed by atoms with E-state index in [-0.39, 0.29) is 19.6 Å². The first-order valence-electron chi connectivity index (χ1n) is 11.2. The number of hydrogen-bond donors (Lipinski definition) is 1. The molecular formula is C24H32N2O11. The Morgan fingerprint density at radius 1 is 0.838 bits per heavy atom. The summed E-state index contributed by atoms with van der Waals surface area (Å²) in [6.07, 6.45) is 4.22. The molecule has 0 spiro atoms. The van der Waals surface area contributed by atoms with Crippen molar-refractivity contribution in [1.29, 1.82) is 0 Å². The van der Waals surface area contributed by atoms with E-state index in [1.54, 1.807) is 6.92 Å². The van der Waals surface area contributed by atoms with Gasteiger partial charge in [0.1, 0.15) is 31.8 Å². The molecule has 0 heterocycles. The molecule has 0 radical (unpaired) electrons. The number of isocyanates is 1. The third-order valence-electron chi connectivity index (χ3n) is 4.51. The van der Waals surface area contributed by atoms with Gasteiger partial charge < -0.3 is 29.0 Å². The lowest BCUT2D eigenvalue weighted by atomic mass is 9.92. The lowest BCUT2D eigenvalue weighted by molar-refractivity contribution is -0.159. The van der Waals surface area contributed by atoms with Crippen molar-refractivity contribution in [1.82, 2.24) is 5.32 Å². The van der Waals surface area contributed by atoms with Gasteiger partial charge in [0.2, 0.25) is 6.08 Å². The lowest BCUT2D eigenvalue weighted by Gasteiger charge is -2.31. The Balaban J connectivity index is 5.07. The molecule has 0 aliphatic rings. The van der Waals surface area contributed by atoms with E-state index in [2.05, 4.69) is 30.0 Å². The molecule has 0 bridgehead atoms. The van der Waals surface area contributed by atoms with Crippen molar-refractivity contribution >= 4 is 36.1 Å². The fraction of sp³-hybridized carbons (Fsp3) is 0.500. The molecule has 37 heavy (non-hydrogen) atoms. The van der Waals surface area contributed by atoms with Crippen molar-refractivity contribution < 1.29 is 52.5 Å². The number of nitrogens with one attached hydrogen (secondary N) is 1. The minimum atomic E-state index is -1.45. The van der Waals surface area contributed by atoms with E-state index < -0.39 is 67.9 Å². The van der Waals surface area contributed by atoms with Crippen LogP contribution in [-0.4, -0.2) is 81.7 Å². The van der Waals surface area contributed by atoms with Gasteiger partial charge in [0.15, 0.2) is 6.04 Å². The van der Waals surface area contributed by atoms with Crippen LogP contribution >= 0.6 is 0 Å². The van der Waals surface area contributed by atoms with E-state index in [9.17, 15) is 28.8 Å². The Bertz CT molecular complexity index is 818. The number of rotatable bonds is 19. The van der Waals surface area contributed by atoms with Crippen LogP contribution in [0.4, 0.5) is 4.79 Å². The van der Waals surface area contributed by atoms with Crippen molar-refractivity contribution in [3.8, 4) is 0 Å². The number of nitrogens with zero attached hydrogens (tertiary/aromatic N) is 1. The van der Waals surface area contributed by atoms with Gasteiger partial charge in [-0.05, 0) is 26.2 Å². The van der Waals surface area contributed by atoms with Crippen LogP contribution in [0.15, 0.2) is 43.0 Å². The van der Waals surface area contributed by atoms with Crippen molar-refractivity contribution in [3.63, 3.8) is 0 Å². The van der Waals surface area contributed by atoms with E-state index in [1.807, 2.05) is 0 Å². The maximum absolute atomic E-state index is 12.2. The smallest absolute Gasteiger partial charge is 0.407 e. The maximum Gasteiger partial charge on any atom is 0.407 e. The van der Waals surface area contributed by atoms with Crippen LogP contribution in [0.1, 0.15) is 26.2 Å². The average molecular weight is 525 g/mol. The van der Waals surface area contributed by atoms with Crippen LogP contribution in [0.2, 0.25) is 0 Å². The van der Waals surface area contributed by atoms with Gasteiger partial charge in [-0.3, -0.25) is 0 Å². The SMILES string of the molecule is C=CC(=O)OCC(COC(=O)C=C)(COC(=O)C=C)COC(=O)NCCCCC(N=C=O)C(=O)OCC. The fourth-order valence-electron chi connectivity index (χ4n) is 2.56. The van der Waals surface area contributed by atoms with E-state index >= 15 is 0 Å². The van der Waals surface area contributed by atoms with E-state index in [0.717, 1.165) is 18.2 Å². The molecule has 0 aromatic heterocycles. The van der Waals surface area contributed by atoms with Crippen LogP contribution in [-0.2, 0) is 47.7 Å². The van der Waals surface area contributed by atoms with Gasteiger partial charge in [0.25, 0.3) is 0 Å². The second kappa shape index (κ2) is 19.0. The Labute approximate surface area is 214 Å². The van der Waals surface area contributed by atoms with Crippen molar-refractivity contribution in [2.24, 2.45) is 10.4 Å². The Hall–Kier alpha value is -4.25. The molecule has 1 atom stereocenters. The first kappa shape index (κ1) is 32.8. The maximum atomic E-state index is 12.2.